The van der Waals surface area contributed by atoms with E-state index < -0.39 is 5.79 Å². The summed E-state index contributed by atoms with van der Waals surface area (Å²) < 4.78 is 26.0. The zero-order chi connectivity index (χ0) is 28.2. The van der Waals surface area contributed by atoms with Crippen molar-refractivity contribution in [1.29, 1.82) is 0 Å². The molecule has 10 rings (SSSR count). The fourth-order valence-electron chi connectivity index (χ4n) is 10.4. The summed E-state index contributed by atoms with van der Waals surface area (Å²) in [5, 5.41) is 3.60. The number of hydrogen-bond donors (Lipinski definition) is 1. The van der Waals surface area contributed by atoms with Crippen LogP contribution in [-0.4, -0.2) is 56.4 Å². The Morgan fingerprint density at radius 3 is 2.51 bits per heavy atom. The van der Waals surface area contributed by atoms with E-state index in [0.717, 1.165) is 19.3 Å². The molecule has 6 heteroatoms. The smallest absolute Gasteiger partial charge is 0.220 e. The third-order valence-electron chi connectivity index (χ3n) is 12.5. The Bertz CT molecular complexity index is 1150. The second-order valence-corrected chi connectivity index (χ2v) is 14.4. The summed E-state index contributed by atoms with van der Waals surface area (Å²) >= 11 is 0. The van der Waals surface area contributed by atoms with Gasteiger partial charge in [-0.1, -0.05) is 55.8 Å². The molecule has 0 aromatic heterocycles. The van der Waals surface area contributed by atoms with Gasteiger partial charge in [0, 0.05) is 12.8 Å². The summed E-state index contributed by atoms with van der Waals surface area (Å²) in [4.78, 5) is 13.5. The number of hydrogen-bond acceptors (Lipinski definition) is 5. The van der Waals surface area contributed by atoms with Gasteiger partial charge >= 0.3 is 0 Å². The first-order valence-corrected chi connectivity index (χ1v) is 16.4. The number of carbonyl (C=O) groups excluding carboxylic acids is 1. The molecule has 10 atom stereocenters. The molecule has 1 N–H and O–H groups in total. The Morgan fingerprint density at radius 1 is 0.951 bits per heavy atom. The summed E-state index contributed by atoms with van der Waals surface area (Å²) in [6.07, 6.45) is 11.4. The van der Waals surface area contributed by atoms with Crippen LogP contribution in [0.5, 0.6) is 0 Å². The lowest BCUT2D eigenvalue weighted by molar-refractivity contribution is -0.342. The minimum Gasteiger partial charge on any atom is -0.376 e. The van der Waals surface area contributed by atoms with Crippen molar-refractivity contribution in [1.82, 2.24) is 5.32 Å². The van der Waals surface area contributed by atoms with E-state index in [9.17, 15) is 4.79 Å². The lowest BCUT2D eigenvalue weighted by Gasteiger charge is -2.63. The molecule has 4 saturated heterocycles. The van der Waals surface area contributed by atoms with Gasteiger partial charge in [0.05, 0.1) is 38.6 Å². The summed E-state index contributed by atoms with van der Waals surface area (Å²) in [5.41, 5.74) is 2.96. The molecule has 0 radical (unpaired) electrons. The van der Waals surface area contributed by atoms with Crippen LogP contribution in [0.1, 0.15) is 77.7 Å². The van der Waals surface area contributed by atoms with E-state index in [1.54, 1.807) is 0 Å². The van der Waals surface area contributed by atoms with Crippen molar-refractivity contribution >= 4 is 5.91 Å². The molecule has 1 aromatic carbocycles. The van der Waals surface area contributed by atoms with E-state index in [-0.39, 0.29) is 35.0 Å². The maximum Gasteiger partial charge on any atom is 0.220 e. The molecule has 5 aliphatic heterocycles. The maximum absolute atomic E-state index is 13.5. The van der Waals surface area contributed by atoms with E-state index in [0.29, 0.717) is 62.9 Å². The SMILES string of the molecule is CC1OCCOC23CC4=C[C@@H](NC(=O)CCCc5ccccc5)[C@@H]5C(CC[C@]6(C)[C@@H]1CC[C@H]56)[C@@]4(C)CC2OCCO3. The van der Waals surface area contributed by atoms with Crippen LogP contribution in [0.25, 0.3) is 0 Å². The number of benzene rings is 1. The minimum absolute atomic E-state index is 0.0308. The Labute approximate surface area is 245 Å². The summed E-state index contributed by atoms with van der Waals surface area (Å²) in [6.45, 7) is 9.57. The van der Waals surface area contributed by atoms with Crippen LogP contribution in [0, 0.1) is 34.5 Å². The van der Waals surface area contributed by atoms with E-state index in [2.05, 4.69) is 56.4 Å². The van der Waals surface area contributed by atoms with E-state index in [1.807, 2.05) is 6.07 Å². The van der Waals surface area contributed by atoms with E-state index in [1.165, 1.54) is 36.8 Å². The van der Waals surface area contributed by atoms with Crippen LogP contribution < -0.4 is 5.32 Å². The molecule has 1 aromatic rings. The molecule has 1 spiro atoms. The largest absolute Gasteiger partial charge is 0.376 e. The molecular weight excluding hydrogens is 514 g/mol. The van der Waals surface area contributed by atoms with E-state index in [4.69, 9.17) is 18.9 Å². The van der Waals surface area contributed by atoms with Crippen LogP contribution in [0.4, 0.5) is 0 Å². The number of amides is 1. The lowest BCUT2D eigenvalue weighted by atomic mass is 9.45. The maximum atomic E-state index is 13.5. The third-order valence-corrected chi connectivity index (χ3v) is 12.5. The molecule has 5 heterocycles. The molecule has 8 bridgehead atoms. The number of ether oxygens (including phenoxy) is 4. The highest BCUT2D eigenvalue weighted by Crippen LogP contribution is 2.68. The van der Waals surface area contributed by atoms with Crippen LogP contribution in [-0.2, 0) is 30.2 Å². The van der Waals surface area contributed by atoms with Crippen molar-refractivity contribution in [3.8, 4) is 0 Å². The predicted molar refractivity (Wildman–Crippen MR) is 157 cm³/mol. The molecule has 224 valence electrons. The molecule has 4 unspecified atom stereocenters. The molecule has 3 saturated carbocycles. The molecule has 9 aliphatic rings. The van der Waals surface area contributed by atoms with Crippen molar-refractivity contribution in [3.05, 3.63) is 47.5 Å². The average molecular weight is 564 g/mol. The highest BCUT2D eigenvalue weighted by molar-refractivity contribution is 5.76. The highest BCUT2D eigenvalue weighted by Gasteiger charge is 2.65. The molecule has 7 fully saturated rings. The van der Waals surface area contributed by atoms with Crippen molar-refractivity contribution in [2.45, 2.75) is 103 Å². The standard InChI is InChI=1S/C35H49NO5/c1-23-26-12-13-27-32-28(14-15-33(26,27)2)34(3)22-30-35(40-18-16-38-23,41-19-17-39-30)21-25(34)20-29(32)36-31(37)11-7-10-24-8-5-4-6-9-24/h4-6,8-9,20,23,26-30,32H,7,10-19,21-22H2,1-3H3,(H,36,37)/t23?,26-,27-,28?,29-,30?,32+,33-,34+,35?/m1/s1. The zero-order valence-electron chi connectivity index (χ0n) is 25.2. The number of nitrogens with one attached hydrogen (secondary N) is 1. The van der Waals surface area contributed by atoms with Gasteiger partial charge in [-0.05, 0) is 91.9 Å². The van der Waals surface area contributed by atoms with Gasteiger partial charge in [-0.2, -0.15) is 0 Å². The Hall–Kier alpha value is -1.73. The first kappa shape index (κ1) is 28.1. The van der Waals surface area contributed by atoms with Crippen molar-refractivity contribution in [3.63, 3.8) is 0 Å². The normalized spacial score (nSPS) is 45.1. The number of rotatable bonds is 5. The van der Waals surface area contributed by atoms with Gasteiger partial charge in [-0.25, -0.2) is 0 Å². The molecule has 4 aliphatic carbocycles. The van der Waals surface area contributed by atoms with Crippen LogP contribution >= 0.6 is 0 Å². The second-order valence-electron chi connectivity index (χ2n) is 14.4. The zero-order valence-corrected chi connectivity index (χ0v) is 25.2. The third kappa shape index (κ3) is 4.72. The van der Waals surface area contributed by atoms with Crippen LogP contribution in [0.2, 0.25) is 0 Å². The van der Waals surface area contributed by atoms with Gasteiger partial charge in [0.2, 0.25) is 5.91 Å². The number of carbonyl (C=O) groups is 1. The van der Waals surface area contributed by atoms with Gasteiger partial charge in [0.25, 0.3) is 0 Å². The summed E-state index contributed by atoms with van der Waals surface area (Å²) in [5.74, 6) is 1.47. The van der Waals surface area contributed by atoms with Crippen LogP contribution in [0.15, 0.2) is 42.0 Å². The quantitative estimate of drug-likeness (QED) is 0.456. The Kier molecular flexibility index (Phi) is 7.37. The topological polar surface area (TPSA) is 66.0 Å². The minimum atomic E-state index is -0.764. The van der Waals surface area contributed by atoms with Crippen molar-refractivity contribution in [2.24, 2.45) is 34.5 Å². The van der Waals surface area contributed by atoms with Gasteiger partial charge < -0.3 is 24.3 Å². The Balaban J connectivity index is 1.22. The van der Waals surface area contributed by atoms with Crippen molar-refractivity contribution in [2.75, 3.05) is 26.4 Å². The molecular formula is C35H49NO5. The fraction of sp³-hybridized carbons (Fsp3) is 0.743. The van der Waals surface area contributed by atoms with Crippen LogP contribution in [0.3, 0.4) is 0 Å². The van der Waals surface area contributed by atoms with Gasteiger partial charge in [0.15, 0.2) is 5.79 Å². The molecule has 6 nitrogen and oxygen atoms in total. The fourth-order valence-corrected chi connectivity index (χ4v) is 10.4. The summed E-state index contributed by atoms with van der Waals surface area (Å²) in [7, 11) is 0. The first-order valence-electron chi connectivity index (χ1n) is 16.4. The number of aryl methyl sites for hydroxylation is 1. The van der Waals surface area contributed by atoms with Gasteiger partial charge in [-0.3, -0.25) is 4.79 Å². The van der Waals surface area contributed by atoms with E-state index >= 15 is 0 Å². The summed E-state index contributed by atoms with van der Waals surface area (Å²) in [6, 6.07) is 10.6. The second kappa shape index (κ2) is 10.8. The molecule has 41 heavy (non-hydrogen) atoms. The van der Waals surface area contributed by atoms with Gasteiger partial charge in [-0.15, -0.1) is 0 Å². The average Bonchev–Trinajstić information content (AvgIpc) is 3.32. The Morgan fingerprint density at radius 2 is 1.71 bits per heavy atom. The highest BCUT2D eigenvalue weighted by atomic mass is 16.7. The van der Waals surface area contributed by atoms with Crippen molar-refractivity contribution < 1.29 is 23.7 Å². The first-order chi connectivity index (χ1) is 19.8. The monoisotopic (exact) mass is 563 g/mol. The lowest BCUT2D eigenvalue weighted by Crippen LogP contribution is -2.64. The molecule has 1 amide bonds. The van der Waals surface area contributed by atoms with Gasteiger partial charge in [0.1, 0.15) is 6.10 Å². The predicted octanol–water partition coefficient (Wildman–Crippen LogP) is 5.84. The number of fused-ring (bicyclic) bond motifs is 1.